The Balaban J connectivity index is 0.00000169. The summed E-state index contributed by atoms with van der Waals surface area (Å²) < 4.78 is 23.3. The number of pyridine rings is 1. The third-order valence-electron chi connectivity index (χ3n) is 3.90. The average molecular weight is 396 g/mol. The Morgan fingerprint density at radius 1 is 1.19 bits per heavy atom. The van der Waals surface area contributed by atoms with Crippen LogP contribution in [0.25, 0.3) is 11.0 Å². The van der Waals surface area contributed by atoms with E-state index in [1.807, 2.05) is 32.0 Å². The number of nitrogens with zero attached hydrogens (tertiary/aromatic N) is 2. The molecule has 2 aromatic heterocycles. The predicted octanol–water partition coefficient (Wildman–Crippen LogP) is 1.34. The van der Waals surface area contributed by atoms with Gasteiger partial charge in [0.15, 0.2) is 5.75 Å². The van der Waals surface area contributed by atoms with E-state index in [0.29, 0.717) is 10.9 Å². The second kappa shape index (κ2) is 10.2. The molecule has 0 saturated carbocycles. The summed E-state index contributed by atoms with van der Waals surface area (Å²) in [5.41, 5.74) is 4.16. The molecule has 0 fully saturated rings. The van der Waals surface area contributed by atoms with Gasteiger partial charge in [-0.15, -0.1) is 0 Å². The topological polar surface area (TPSA) is 83.1 Å². The fourth-order valence-corrected chi connectivity index (χ4v) is 3.71. The maximum absolute atomic E-state index is 12.7. The number of aromatic nitrogens is 3. The van der Waals surface area contributed by atoms with E-state index in [1.54, 1.807) is 20.4 Å². The Kier molecular flexibility index (Phi) is 9.21. The molecule has 0 spiro atoms. The molecule has 3 rings (SSSR count). The van der Waals surface area contributed by atoms with E-state index in [0.717, 1.165) is 33.6 Å². The van der Waals surface area contributed by atoms with Gasteiger partial charge in [0.2, 0.25) is 0 Å². The summed E-state index contributed by atoms with van der Waals surface area (Å²) in [7, 11) is 3.23. The first-order chi connectivity index (χ1) is 11.5. The molecule has 0 saturated heterocycles. The monoisotopic (exact) mass is 395 g/mol. The molecule has 1 aromatic carbocycles. The van der Waals surface area contributed by atoms with Crippen molar-refractivity contribution in [3.8, 4) is 11.5 Å². The first-order valence-electron chi connectivity index (χ1n) is 7.44. The van der Waals surface area contributed by atoms with Gasteiger partial charge in [0.05, 0.1) is 30.9 Å². The van der Waals surface area contributed by atoms with Crippen molar-refractivity contribution in [2.45, 2.75) is 24.8 Å². The summed E-state index contributed by atoms with van der Waals surface area (Å²) in [5, 5.41) is 0.430. The van der Waals surface area contributed by atoms with Gasteiger partial charge in [-0.1, -0.05) is 0 Å². The van der Waals surface area contributed by atoms with Gasteiger partial charge >= 0.3 is 57.8 Å². The number of H-pyrrole nitrogens is 1. The summed E-state index contributed by atoms with van der Waals surface area (Å²) in [6.45, 7) is 3.86. The standard InChI is InChI=1S/C17H19N3O3S.Mg.Na.3H/c1-10-8-18-15(11(2)16(10)23-4)9-24(21)17-19-13-6-5-12(22-3)7-14(13)20-17;;;;;/h5-8H,9H2,1-4H3,(H,19,20);;;;;. The van der Waals surface area contributed by atoms with Gasteiger partial charge < -0.3 is 14.0 Å². The number of hydrogen-bond donors (Lipinski definition) is 1. The van der Waals surface area contributed by atoms with E-state index in [4.69, 9.17) is 9.47 Å². The van der Waals surface area contributed by atoms with E-state index in [9.17, 15) is 4.55 Å². The Morgan fingerprint density at radius 3 is 2.58 bits per heavy atom. The fraction of sp³-hybridized carbons (Fsp3) is 0.294. The number of hydrogen-bond acceptors (Lipinski definition) is 5. The van der Waals surface area contributed by atoms with Gasteiger partial charge in [-0.2, -0.15) is 4.98 Å². The van der Waals surface area contributed by atoms with Crippen molar-refractivity contribution in [3.05, 3.63) is 41.2 Å². The number of rotatable bonds is 5. The minimum absolute atomic E-state index is 0. The molecule has 0 aliphatic heterocycles. The van der Waals surface area contributed by atoms with Crippen molar-refractivity contribution in [1.29, 1.82) is 0 Å². The van der Waals surface area contributed by atoms with Crippen molar-refractivity contribution in [1.82, 2.24) is 15.0 Å². The molecular formula is C17H22MgN3NaO3S. The molecule has 0 aliphatic carbocycles. The van der Waals surface area contributed by atoms with Crippen molar-refractivity contribution in [2.24, 2.45) is 0 Å². The van der Waals surface area contributed by atoms with E-state index in [1.165, 1.54) is 0 Å². The first-order valence-corrected chi connectivity index (χ1v) is 8.76. The number of aryl methyl sites for hydroxylation is 1. The van der Waals surface area contributed by atoms with Crippen LogP contribution >= 0.6 is 0 Å². The zero-order valence-electron chi connectivity index (χ0n) is 14.0. The van der Waals surface area contributed by atoms with Gasteiger partial charge in [-0.3, -0.25) is 9.97 Å². The number of fused-ring (bicyclic) bond motifs is 1. The Bertz CT molecular complexity index is 891. The van der Waals surface area contributed by atoms with Crippen LogP contribution in [0.3, 0.4) is 0 Å². The molecule has 0 bridgehead atoms. The molecule has 26 heavy (non-hydrogen) atoms. The molecule has 9 heteroatoms. The van der Waals surface area contributed by atoms with Crippen LogP contribution in [-0.2, 0) is 16.9 Å². The minimum atomic E-state index is -1.33. The Hall–Kier alpha value is -0.484. The number of aromatic amines is 1. The van der Waals surface area contributed by atoms with Crippen LogP contribution in [0, 0.1) is 13.8 Å². The molecule has 1 N–H and O–H groups in total. The van der Waals surface area contributed by atoms with E-state index in [-0.39, 0.29) is 58.4 Å². The van der Waals surface area contributed by atoms with Crippen LogP contribution in [0.4, 0.5) is 0 Å². The van der Waals surface area contributed by atoms with Crippen LogP contribution in [0.1, 0.15) is 16.8 Å². The van der Waals surface area contributed by atoms with Crippen molar-refractivity contribution in [3.63, 3.8) is 0 Å². The normalized spacial score (nSPS) is 11.4. The second-order valence-corrected chi connectivity index (χ2v) is 6.83. The van der Waals surface area contributed by atoms with Gasteiger partial charge in [0, 0.05) is 34.6 Å². The van der Waals surface area contributed by atoms with Crippen LogP contribution in [0.2, 0.25) is 0 Å². The van der Waals surface area contributed by atoms with Gasteiger partial charge in [-0.05, 0) is 26.0 Å². The number of imidazole rings is 1. The quantitative estimate of drug-likeness (QED) is 0.520. The fourth-order valence-electron chi connectivity index (χ4n) is 2.61. The maximum atomic E-state index is 12.7. The third-order valence-corrected chi connectivity index (χ3v) is 5.06. The van der Waals surface area contributed by atoms with Crippen molar-refractivity contribution >= 4 is 74.8 Å². The molecule has 1 unspecified atom stereocenters. The SMILES string of the molecule is COc1ccc2[nH]c([S+]([O-])Cc3ncc(C)c(OC)c3C)nc2c1.[MgH2].[NaH]. The first kappa shape index (κ1) is 23.6. The zero-order valence-corrected chi connectivity index (χ0v) is 14.9. The van der Waals surface area contributed by atoms with Crippen molar-refractivity contribution in [2.75, 3.05) is 14.2 Å². The predicted molar refractivity (Wildman–Crippen MR) is 109 cm³/mol. The molecule has 132 valence electrons. The second-order valence-electron chi connectivity index (χ2n) is 5.46. The zero-order chi connectivity index (χ0) is 17.3. The van der Waals surface area contributed by atoms with E-state index >= 15 is 0 Å². The van der Waals surface area contributed by atoms with Gasteiger partial charge in [0.25, 0.3) is 0 Å². The van der Waals surface area contributed by atoms with Gasteiger partial charge in [-0.25, -0.2) is 0 Å². The van der Waals surface area contributed by atoms with Crippen molar-refractivity contribution < 1.29 is 14.0 Å². The molecular weight excluding hydrogens is 374 g/mol. The summed E-state index contributed by atoms with van der Waals surface area (Å²) in [6, 6.07) is 5.51. The number of ether oxygens (including phenoxy) is 2. The molecule has 2 heterocycles. The summed E-state index contributed by atoms with van der Waals surface area (Å²) >= 11 is -1.33. The molecule has 3 aromatic rings. The summed E-state index contributed by atoms with van der Waals surface area (Å²) in [4.78, 5) is 11.9. The summed E-state index contributed by atoms with van der Waals surface area (Å²) in [6.07, 6.45) is 1.74. The Morgan fingerprint density at radius 2 is 1.92 bits per heavy atom. The number of methoxy groups -OCH3 is 2. The average Bonchev–Trinajstić information content (AvgIpc) is 3.01. The summed E-state index contributed by atoms with van der Waals surface area (Å²) in [5.74, 6) is 1.78. The van der Waals surface area contributed by atoms with E-state index < -0.39 is 11.2 Å². The molecule has 1 atom stereocenters. The van der Waals surface area contributed by atoms with Crippen LogP contribution in [0.5, 0.6) is 11.5 Å². The third kappa shape index (κ3) is 4.86. The van der Waals surface area contributed by atoms with Crippen LogP contribution < -0.4 is 9.47 Å². The molecule has 0 aliphatic rings. The number of benzene rings is 1. The van der Waals surface area contributed by atoms with Crippen LogP contribution in [-0.4, -0.2) is 86.3 Å². The molecule has 0 radical (unpaired) electrons. The van der Waals surface area contributed by atoms with E-state index in [2.05, 4.69) is 15.0 Å². The molecule has 0 amide bonds. The molecule has 6 nitrogen and oxygen atoms in total. The Labute approximate surface area is 194 Å². The number of nitrogens with one attached hydrogen (secondary N) is 1. The van der Waals surface area contributed by atoms with Crippen LogP contribution in [0.15, 0.2) is 29.6 Å². The van der Waals surface area contributed by atoms with Gasteiger partial charge in [0.1, 0.15) is 11.5 Å².